The van der Waals surface area contributed by atoms with Crippen molar-refractivity contribution in [2.24, 2.45) is 17.8 Å². The quantitative estimate of drug-likeness (QED) is 0.534. The minimum atomic E-state index is -0.414. The molecule has 3 heterocycles. The summed E-state index contributed by atoms with van der Waals surface area (Å²) in [6.07, 6.45) is 8.58. The SMILES string of the molecule is Cc1cnc(N2CCC(C[C@H]3C[C@@H]3COc3ccc(-c4nnc(C)o4)c(F)c3)CC2)nc1. The topological polar surface area (TPSA) is 77.2 Å². The van der Waals surface area contributed by atoms with Crippen LogP contribution >= 0.6 is 0 Å². The van der Waals surface area contributed by atoms with Gasteiger partial charge in [0.25, 0.3) is 5.89 Å². The summed E-state index contributed by atoms with van der Waals surface area (Å²) in [4.78, 5) is 11.2. The van der Waals surface area contributed by atoms with Crippen molar-refractivity contribution in [3.05, 3.63) is 47.9 Å². The van der Waals surface area contributed by atoms with Crippen LogP contribution in [0.25, 0.3) is 11.5 Å². The third kappa shape index (κ3) is 4.74. The molecule has 0 amide bonds. The van der Waals surface area contributed by atoms with Gasteiger partial charge in [-0.2, -0.15) is 0 Å². The number of ether oxygens (including phenoxy) is 1. The number of piperidine rings is 1. The predicted molar refractivity (Wildman–Crippen MR) is 118 cm³/mol. The van der Waals surface area contributed by atoms with Gasteiger partial charge < -0.3 is 14.1 Å². The molecule has 3 aromatic rings. The Bertz CT molecular complexity index is 1060. The van der Waals surface area contributed by atoms with E-state index in [0.29, 0.717) is 35.6 Å². The normalized spacial score (nSPS) is 21.0. The summed E-state index contributed by atoms with van der Waals surface area (Å²) < 4.78 is 25.6. The second-order valence-corrected chi connectivity index (χ2v) is 9.06. The van der Waals surface area contributed by atoms with Gasteiger partial charge in [-0.3, -0.25) is 0 Å². The third-order valence-electron chi connectivity index (χ3n) is 6.53. The van der Waals surface area contributed by atoms with Crippen molar-refractivity contribution in [2.75, 3.05) is 24.6 Å². The van der Waals surface area contributed by atoms with E-state index in [1.165, 1.54) is 31.7 Å². The first-order valence-corrected chi connectivity index (χ1v) is 11.3. The number of halogens is 1. The standard InChI is InChI=1S/C24H28FN5O2/c1-15-12-26-24(27-13-15)30-7-5-17(6-8-30)9-18-10-19(18)14-31-20-3-4-21(22(25)11-20)23-29-28-16(2)32-23/h3-4,11-13,17-19H,5-10,14H2,1-2H3/t18-,19+/m0/s1. The van der Waals surface area contributed by atoms with E-state index in [-0.39, 0.29) is 5.89 Å². The molecule has 0 unspecified atom stereocenters. The number of nitrogens with zero attached hydrogens (tertiary/aromatic N) is 5. The lowest BCUT2D eigenvalue weighted by atomic mass is 9.91. The number of aryl methyl sites for hydroxylation is 2. The fraction of sp³-hybridized carbons (Fsp3) is 0.500. The average Bonchev–Trinajstić information content (AvgIpc) is 3.39. The van der Waals surface area contributed by atoms with E-state index in [1.807, 2.05) is 19.3 Å². The highest BCUT2D eigenvalue weighted by Gasteiger charge is 2.39. The maximum atomic E-state index is 14.4. The molecule has 7 nitrogen and oxygen atoms in total. The van der Waals surface area contributed by atoms with Crippen LogP contribution < -0.4 is 9.64 Å². The Labute approximate surface area is 187 Å². The van der Waals surface area contributed by atoms with E-state index in [1.54, 1.807) is 19.1 Å². The highest BCUT2D eigenvalue weighted by Crippen LogP contribution is 2.45. The van der Waals surface area contributed by atoms with Crippen LogP contribution in [0.2, 0.25) is 0 Å². The van der Waals surface area contributed by atoms with Gasteiger partial charge in [0.2, 0.25) is 11.8 Å². The van der Waals surface area contributed by atoms with Crippen LogP contribution in [0, 0.1) is 37.4 Å². The Morgan fingerprint density at radius 1 is 1.09 bits per heavy atom. The van der Waals surface area contributed by atoms with E-state index in [2.05, 4.69) is 25.1 Å². The number of aromatic nitrogens is 4. The van der Waals surface area contributed by atoms with Crippen molar-refractivity contribution in [3.8, 4) is 17.2 Å². The van der Waals surface area contributed by atoms with Gasteiger partial charge >= 0.3 is 0 Å². The molecule has 32 heavy (non-hydrogen) atoms. The van der Waals surface area contributed by atoms with Crippen LogP contribution in [0.5, 0.6) is 5.75 Å². The van der Waals surface area contributed by atoms with Crippen molar-refractivity contribution in [3.63, 3.8) is 0 Å². The fourth-order valence-electron chi connectivity index (χ4n) is 4.52. The number of benzene rings is 1. The smallest absolute Gasteiger partial charge is 0.250 e. The second kappa shape index (κ2) is 8.84. The molecule has 2 atom stereocenters. The first-order chi connectivity index (χ1) is 15.5. The highest BCUT2D eigenvalue weighted by molar-refractivity contribution is 5.55. The summed E-state index contributed by atoms with van der Waals surface area (Å²) in [6, 6.07) is 4.79. The molecule has 1 aliphatic carbocycles. The molecule has 168 valence electrons. The molecule has 0 spiro atoms. The van der Waals surface area contributed by atoms with E-state index in [4.69, 9.17) is 9.15 Å². The summed E-state index contributed by atoms with van der Waals surface area (Å²) >= 11 is 0. The van der Waals surface area contributed by atoms with Gasteiger partial charge in [0, 0.05) is 38.5 Å². The van der Waals surface area contributed by atoms with Crippen molar-refractivity contribution in [1.29, 1.82) is 0 Å². The lowest BCUT2D eigenvalue weighted by molar-refractivity contribution is 0.278. The van der Waals surface area contributed by atoms with Crippen molar-refractivity contribution in [1.82, 2.24) is 20.2 Å². The Morgan fingerprint density at radius 3 is 2.56 bits per heavy atom. The Morgan fingerprint density at radius 2 is 1.88 bits per heavy atom. The molecular formula is C24H28FN5O2. The van der Waals surface area contributed by atoms with Crippen LogP contribution in [-0.4, -0.2) is 39.9 Å². The molecule has 8 heteroatoms. The molecule has 2 aliphatic rings. The maximum Gasteiger partial charge on any atom is 0.250 e. The third-order valence-corrected chi connectivity index (χ3v) is 6.53. The molecular weight excluding hydrogens is 409 g/mol. The van der Waals surface area contributed by atoms with Crippen LogP contribution in [-0.2, 0) is 0 Å². The summed E-state index contributed by atoms with van der Waals surface area (Å²) in [7, 11) is 0. The van der Waals surface area contributed by atoms with Crippen molar-refractivity contribution < 1.29 is 13.5 Å². The van der Waals surface area contributed by atoms with Crippen molar-refractivity contribution >= 4 is 5.95 Å². The lowest BCUT2D eigenvalue weighted by Gasteiger charge is -2.32. The zero-order valence-corrected chi connectivity index (χ0v) is 18.5. The number of hydrogen-bond acceptors (Lipinski definition) is 7. The second-order valence-electron chi connectivity index (χ2n) is 9.06. The number of anilines is 1. The molecule has 2 aromatic heterocycles. The van der Waals surface area contributed by atoms with E-state index in [0.717, 1.165) is 30.5 Å². The molecule has 0 bridgehead atoms. The fourth-order valence-corrected chi connectivity index (χ4v) is 4.52. The van der Waals surface area contributed by atoms with Gasteiger partial charge in [-0.15, -0.1) is 10.2 Å². The predicted octanol–water partition coefficient (Wildman–Crippen LogP) is 4.60. The Hall–Kier alpha value is -3.03. The van der Waals surface area contributed by atoms with Gasteiger partial charge in [0.1, 0.15) is 11.6 Å². The van der Waals surface area contributed by atoms with Crippen molar-refractivity contribution in [2.45, 2.75) is 39.5 Å². The maximum absolute atomic E-state index is 14.4. The van der Waals surface area contributed by atoms with Crippen LogP contribution in [0.1, 0.15) is 37.1 Å². The number of hydrogen-bond donors (Lipinski definition) is 0. The molecule has 2 fully saturated rings. The zero-order chi connectivity index (χ0) is 22.1. The Kier molecular flexibility index (Phi) is 5.76. The largest absolute Gasteiger partial charge is 0.493 e. The average molecular weight is 438 g/mol. The summed E-state index contributed by atoms with van der Waals surface area (Å²) in [5.41, 5.74) is 1.39. The van der Waals surface area contributed by atoms with Crippen LogP contribution in [0.4, 0.5) is 10.3 Å². The minimum Gasteiger partial charge on any atom is -0.493 e. The molecule has 0 N–H and O–H groups in total. The summed E-state index contributed by atoms with van der Waals surface area (Å²) in [5, 5.41) is 7.62. The Balaban J connectivity index is 1.06. The molecule has 0 radical (unpaired) electrons. The molecule has 5 rings (SSSR count). The minimum absolute atomic E-state index is 0.189. The molecule has 1 aromatic carbocycles. The zero-order valence-electron chi connectivity index (χ0n) is 18.5. The van der Waals surface area contributed by atoms with Gasteiger partial charge in [0.05, 0.1) is 12.2 Å². The first-order valence-electron chi connectivity index (χ1n) is 11.3. The van der Waals surface area contributed by atoms with Crippen LogP contribution in [0.3, 0.4) is 0 Å². The summed E-state index contributed by atoms with van der Waals surface area (Å²) in [6.45, 7) is 6.37. The lowest BCUT2D eigenvalue weighted by Crippen LogP contribution is -2.35. The highest BCUT2D eigenvalue weighted by atomic mass is 19.1. The van der Waals surface area contributed by atoms with E-state index < -0.39 is 5.82 Å². The van der Waals surface area contributed by atoms with Gasteiger partial charge in [-0.05, 0) is 68.1 Å². The van der Waals surface area contributed by atoms with Gasteiger partial charge in [-0.1, -0.05) is 0 Å². The summed E-state index contributed by atoms with van der Waals surface area (Å²) in [5.74, 6) is 3.60. The van der Waals surface area contributed by atoms with Gasteiger partial charge in [0.15, 0.2) is 0 Å². The first kappa shape index (κ1) is 20.8. The number of rotatable bonds is 7. The van der Waals surface area contributed by atoms with E-state index >= 15 is 0 Å². The molecule has 1 saturated heterocycles. The van der Waals surface area contributed by atoms with Gasteiger partial charge in [-0.25, -0.2) is 14.4 Å². The van der Waals surface area contributed by atoms with E-state index in [9.17, 15) is 4.39 Å². The monoisotopic (exact) mass is 437 g/mol. The molecule has 1 saturated carbocycles. The molecule has 1 aliphatic heterocycles. The van der Waals surface area contributed by atoms with Crippen LogP contribution in [0.15, 0.2) is 35.0 Å².